The maximum absolute atomic E-state index is 12.2. The highest BCUT2D eigenvalue weighted by molar-refractivity contribution is 5.95. The number of benzene rings is 1. The van der Waals surface area contributed by atoms with E-state index in [4.69, 9.17) is 10.5 Å². The van der Waals surface area contributed by atoms with Crippen LogP contribution in [-0.2, 0) is 4.79 Å². The van der Waals surface area contributed by atoms with Crippen molar-refractivity contribution in [1.82, 2.24) is 9.80 Å². The zero-order chi connectivity index (χ0) is 15.4. The van der Waals surface area contributed by atoms with Gasteiger partial charge in [-0.3, -0.25) is 9.69 Å². The van der Waals surface area contributed by atoms with Crippen molar-refractivity contribution in [3.8, 4) is 5.75 Å². The van der Waals surface area contributed by atoms with Gasteiger partial charge in [0.15, 0.2) is 0 Å². The molecule has 0 aliphatic carbocycles. The van der Waals surface area contributed by atoms with Crippen LogP contribution >= 0.6 is 0 Å². The lowest BCUT2D eigenvalue weighted by molar-refractivity contribution is -0.118. The number of ether oxygens (including phenoxy) is 1. The Bertz CT molecular complexity index is 506. The number of nitrogens with two attached hydrogens (primary N) is 1. The molecule has 0 saturated carbocycles. The summed E-state index contributed by atoms with van der Waals surface area (Å²) in [5.41, 5.74) is 7.04. The number of nitrogens with zero attached hydrogens (tertiary/aromatic N) is 2. The van der Waals surface area contributed by atoms with Crippen LogP contribution in [0.15, 0.2) is 18.2 Å². The largest absolute Gasteiger partial charge is 0.497 e. The van der Waals surface area contributed by atoms with Crippen LogP contribution in [0, 0.1) is 0 Å². The Morgan fingerprint density at radius 3 is 2.86 bits per heavy atom. The molecule has 1 aliphatic rings. The predicted molar refractivity (Wildman–Crippen MR) is 84.6 cm³/mol. The number of likely N-dealkylation sites (N-methyl/N-ethyl adjacent to an activating group) is 1. The molecule has 0 radical (unpaired) electrons. The van der Waals surface area contributed by atoms with E-state index in [1.165, 1.54) is 0 Å². The molecule has 1 saturated heterocycles. The van der Waals surface area contributed by atoms with Crippen molar-refractivity contribution in [2.45, 2.75) is 13.0 Å². The summed E-state index contributed by atoms with van der Waals surface area (Å²) in [5, 5.41) is 2.87. The number of carbonyl (C=O) groups is 1. The Morgan fingerprint density at radius 2 is 2.24 bits per heavy atom. The van der Waals surface area contributed by atoms with Gasteiger partial charge in [-0.2, -0.15) is 0 Å². The molecule has 1 aromatic carbocycles. The highest BCUT2D eigenvalue weighted by Gasteiger charge is 2.23. The Balaban J connectivity index is 1.92. The molecule has 1 heterocycles. The van der Waals surface area contributed by atoms with Crippen molar-refractivity contribution < 1.29 is 9.53 Å². The molecule has 6 heteroatoms. The van der Waals surface area contributed by atoms with E-state index < -0.39 is 0 Å². The van der Waals surface area contributed by atoms with Crippen molar-refractivity contribution in [3.63, 3.8) is 0 Å². The third kappa shape index (κ3) is 4.09. The van der Waals surface area contributed by atoms with Crippen LogP contribution in [0.4, 0.5) is 11.4 Å². The minimum absolute atomic E-state index is 0.0386. The normalized spacial score (nSPS) is 20.2. The lowest BCUT2D eigenvalue weighted by Crippen LogP contribution is -2.52. The summed E-state index contributed by atoms with van der Waals surface area (Å²) in [4.78, 5) is 16.6. The van der Waals surface area contributed by atoms with E-state index in [0.29, 0.717) is 29.7 Å². The maximum Gasteiger partial charge on any atom is 0.238 e. The third-order valence-electron chi connectivity index (χ3n) is 3.85. The van der Waals surface area contributed by atoms with Crippen molar-refractivity contribution in [1.29, 1.82) is 0 Å². The smallest absolute Gasteiger partial charge is 0.238 e. The van der Waals surface area contributed by atoms with Gasteiger partial charge in [0, 0.05) is 31.7 Å². The topological polar surface area (TPSA) is 70.8 Å². The van der Waals surface area contributed by atoms with Crippen molar-refractivity contribution >= 4 is 17.3 Å². The van der Waals surface area contributed by atoms with Gasteiger partial charge in [0.25, 0.3) is 0 Å². The Kier molecular flexibility index (Phi) is 5.03. The van der Waals surface area contributed by atoms with Gasteiger partial charge >= 0.3 is 0 Å². The van der Waals surface area contributed by atoms with Gasteiger partial charge in [0.1, 0.15) is 5.75 Å². The zero-order valence-corrected chi connectivity index (χ0v) is 12.9. The van der Waals surface area contributed by atoms with Gasteiger partial charge in [-0.05, 0) is 26.1 Å². The molecule has 3 N–H and O–H groups in total. The molecule has 0 aromatic heterocycles. The van der Waals surface area contributed by atoms with Crippen LogP contribution in [0.5, 0.6) is 5.75 Å². The predicted octanol–water partition coefficient (Wildman–Crippen LogP) is 0.852. The minimum atomic E-state index is -0.0386. The second-order valence-electron chi connectivity index (χ2n) is 5.58. The highest BCUT2D eigenvalue weighted by Crippen LogP contribution is 2.24. The molecule has 21 heavy (non-hydrogen) atoms. The number of nitrogens with one attached hydrogen (secondary N) is 1. The van der Waals surface area contributed by atoms with E-state index >= 15 is 0 Å². The number of hydrogen-bond donors (Lipinski definition) is 2. The molecule has 6 nitrogen and oxygen atoms in total. The van der Waals surface area contributed by atoms with Crippen LogP contribution in [0.3, 0.4) is 0 Å². The monoisotopic (exact) mass is 292 g/mol. The summed E-state index contributed by atoms with van der Waals surface area (Å²) in [7, 11) is 3.69. The van der Waals surface area contributed by atoms with E-state index in [2.05, 4.69) is 29.1 Å². The van der Waals surface area contributed by atoms with Gasteiger partial charge in [-0.1, -0.05) is 0 Å². The lowest BCUT2D eigenvalue weighted by Gasteiger charge is -2.37. The average molecular weight is 292 g/mol. The van der Waals surface area contributed by atoms with Gasteiger partial charge in [0.05, 0.1) is 25.0 Å². The molecule has 1 aromatic rings. The number of carbonyl (C=O) groups excluding carboxylic acids is 1. The molecule has 1 fully saturated rings. The maximum atomic E-state index is 12.2. The van der Waals surface area contributed by atoms with E-state index in [9.17, 15) is 4.79 Å². The van der Waals surface area contributed by atoms with E-state index in [-0.39, 0.29) is 5.91 Å². The summed E-state index contributed by atoms with van der Waals surface area (Å²) < 4.78 is 5.10. The summed E-state index contributed by atoms with van der Waals surface area (Å²) in [5.74, 6) is 0.640. The van der Waals surface area contributed by atoms with Crippen molar-refractivity contribution in [2.24, 2.45) is 0 Å². The fraction of sp³-hybridized carbons (Fsp3) is 0.533. The summed E-state index contributed by atoms with van der Waals surface area (Å²) in [6.45, 7) is 5.41. The van der Waals surface area contributed by atoms with Crippen LogP contribution in [0.1, 0.15) is 6.92 Å². The Labute approximate surface area is 125 Å². The Morgan fingerprint density at radius 1 is 1.48 bits per heavy atom. The fourth-order valence-electron chi connectivity index (χ4n) is 2.57. The van der Waals surface area contributed by atoms with Gasteiger partial charge in [0.2, 0.25) is 5.91 Å². The van der Waals surface area contributed by atoms with Gasteiger partial charge < -0.3 is 20.7 Å². The molecule has 1 amide bonds. The minimum Gasteiger partial charge on any atom is -0.497 e. The number of hydrogen-bond acceptors (Lipinski definition) is 5. The van der Waals surface area contributed by atoms with E-state index in [0.717, 1.165) is 19.6 Å². The first kappa shape index (κ1) is 15.6. The third-order valence-corrected chi connectivity index (χ3v) is 3.85. The molecule has 0 bridgehead atoms. The molecule has 1 unspecified atom stereocenters. The number of rotatable bonds is 4. The molecule has 1 atom stereocenters. The molecule has 0 spiro atoms. The molecular formula is C15H24N4O2. The number of methoxy groups -OCH3 is 1. The van der Waals surface area contributed by atoms with Crippen LogP contribution in [0.2, 0.25) is 0 Å². The standard InChI is InChI=1S/C15H24N4O2/c1-11-9-18(2)6-7-19(11)10-15(20)17-14-5-4-12(21-3)8-13(14)16/h4-5,8,11H,6-7,9-10,16H2,1-3H3,(H,17,20). The second kappa shape index (κ2) is 6.78. The molecule has 116 valence electrons. The van der Waals surface area contributed by atoms with Crippen molar-refractivity contribution in [2.75, 3.05) is 51.4 Å². The molecular weight excluding hydrogens is 268 g/mol. The lowest BCUT2D eigenvalue weighted by atomic mass is 10.2. The first-order valence-electron chi connectivity index (χ1n) is 7.15. The summed E-state index contributed by atoms with van der Waals surface area (Å²) >= 11 is 0. The first-order valence-corrected chi connectivity index (χ1v) is 7.15. The summed E-state index contributed by atoms with van der Waals surface area (Å²) in [6, 6.07) is 5.63. The van der Waals surface area contributed by atoms with E-state index in [1.54, 1.807) is 25.3 Å². The van der Waals surface area contributed by atoms with Crippen molar-refractivity contribution in [3.05, 3.63) is 18.2 Å². The Hall–Kier alpha value is -1.79. The number of anilines is 2. The molecule has 2 rings (SSSR count). The van der Waals surface area contributed by atoms with E-state index in [1.807, 2.05) is 0 Å². The van der Waals surface area contributed by atoms with Crippen LogP contribution < -0.4 is 15.8 Å². The van der Waals surface area contributed by atoms with Gasteiger partial charge in [-0.15, -0.1) is 0 Å². The quantitative estimate of drug-likeness (QED) is 0.805. The SMILES string of the molecule is COc1ccc(NC(=O)CN2CCN(C)CC2C)c(N)c1. The van der Waals surface area contributed by atoms with Gasteiger partial charge in [-0.25, -0.2) is 0 Å². The number of piperazine rings is 1. The number of amides is 1. The highest BCUT2D eigenvalue weighted by atomic mass is 16.5. The van der Waals surface area contributed by atoms with Crippen LogP contribution in [-0.4, -0.2) is 62.1 Å². The summed E-state index contributed by atoms with van der Waals surface area (Å²) in [6.07, 6.45) is 0. The average Bonchev–Trinajstić information content (AvgIpc) is 2.44. The fourth-order valence-corrected chi connectivity index (χ4v) is 2.57. The first-order chi connectivity index (χ1) is 9.99. The second-order valence-corrected chi connectivity index (χ2v) is 5.58. The molecule has 1 aliphatic heterocycles. The number of nitrogen functional groups attached to an aromatic ring is 1. The zero-order valence-electron chi connectivity index (χ0n) is 12.9. The van der Waals surface area contributed by atoms with Crippen LogP contribution in [0.25, 0.3) is 0 Å².